The number of hydrogen-bond donors (Lipinski definition) is 2. The van der Waals surface area contributed by atoms with E-state index in [-0.39, 0.29) is 16.9 Å². The van der Waals surface area contributed by atoms with E-state index in [2.05, 4.69) is 4.72 Å². The molecule has 0 amide bonds. The molecule has 0 saturated carbocycles. The molecule has 0 fully saturated rings. The fraction of sp³-hybridized carbons (Fsp3) is 0.538. The summed E-state index contributed by atoms with van der Waals surface area (Å²) in [4.78, 5) is 0.0621. The summed E-state index contributed by atoms with van der Waals surface area (Å²) in [5, 5.41) is 0. The van der Waals surface area contributed by atoms with Gasteiger partial charge < -0.3 is 5.73 Å². The van der Waals surface area contributed by atoms with Crippen LogP contribution in [0.4, 0.5) is 4.39 Å². The molecule has 0 heterocycles. The molecule has 0 aromatic heterocycles. The van der Waals surface area contributed by atoms with Crippen molar-refractivity contribution in [3.8, 4) is 0 Å². The highest BCUT2D eigenvalue weighted by atomic mass is 32.2. The lowest BCUT2D eigenvalue weighted by atomic mass is 9.83. The molecule has 4 nitrogen and oxygen atoms in total. The van der Waals surface area contributed by atoms with Gasteiger partial charge in [-0.05, 0) is 49.1 Å². The molecule has 0 unspecified atom stereocenters. The van der Waals surface area contributed by atoms with E-state index in [1.165, 1.54) is 12.1 Å². The number of nitrogens with one attached hydrogen (secondary N) is 1. The SMILES string of the molecule is CCC(CC)(CN)CNS(=O)(=O)c1ccc(F)cc1. The molecule has 19 heavy (non-hydrogen) atoms. The minimum absolute atomic E-state index is 0.0621. The van der Waals surface area contributed by atoms with Crippen LogP contribution in [0.3, 0.4) is 0 Å². The van der Waals surface area contributed by atoms with Crippen LogP contribution in [-0.2, 0) is 10.0 Å². The fourth-order valence-electron chi connectivity index (χ4n) is 1.81. The second kappa shape index (κ2) is 6.45. The normalized spacial score (nSPS) is 12.6. The van der Waals surface area contributed by atoms with Gasteiger partial charge in [0.25, 0.3) is 0 Å². The van der Waals surface area contributed by atoms with Gasteiger partial charge in [-0.2, -0.15) is 0 Å². The highest BCUT2D eigenvalue weighted by Gasteiger charge is 2.27. The van der Waals surface area contributed by atoms with Crippen molar-refractivity contribution >= 4 is 10.0 Å². The number of sulfonamides is 1. The van der Waals surface area contributed by atoms with Gasteiger partial charge in [0.15, 0.2) is 0 Å². The third-order valence-corrected chi connectivity index (χ3v) is 5.11. The lowest BCUT2D eigenvalue weighted by Crippen LogP contribution is -2.41. The molecule has 0 bridgehead atoms. The first-order valence-corrected chi connectivity index (χ1v) is 7.83. The smallest absolute Gasteiger partial charge is 0.240 e. The third kappa shape index (κ3) is 3.99. The minimum Gasteiger partial charge on any atom is -0.330 e. The number of halogens is 1. The first-order chi connectivity index (χ1) is 8.89. The quantitative estimate of drug-likeness (QED) is 0.804. The van der Waals surface area contributed by atoms with Gasteiger partial charge in [0.2, 0.25) is 10.0 Å². The van der Waals surface area contributed by atoms with E-state index in [0.717, 1.165) is 25.0 Å². The molecule has 0 aliphatic rings. The number of rotatable bonds is 7. The van der Waals surface area contributed by atoms with Gasteiger partial charge in [-0.3, -0.25) is 0 Å². The van der Waals surface area contributed by atoms with Gasteiger partial charge in [-0.15, -0.1) is 0 Å². The highest BCUT2D eigenvalue weighted by molar-refractivity contribution is 7.89. The summed E-state index contributed by atoms with van der Waals surface area (Å²) in [6.45, 7) is 4.69. The average molecular weight is 288 g/mol. The van der Waals surface area contributed by atoms with Crippen LogP contribution < -0.4 is 10.5 Å². The zero-order valence-corrected chi connectivity index (χ0v) is 12.1. The molecule has 0 aliphatic heterocycles. The van der Waals surface area contributed by atoms with E-state index in [1.807, 2.05) is 13.8 Å². The molecule has 108 valence electrons. The van der Waals surface area contributed by atoms with E-state index < -0.39 is 15.8 Å². The molecular formula is C13H21FN2O2S. The van der Waals surface area contributed by atoms with E-state index >= 15 is 0 Å². The summed E-state index contributed by atoms with van der Waals surface area (Å²) in [5.41, 5.74) is 5.50. The van der Waals surface area contributed by atoms with Crippen LogP contribution in [0.1, 0.15) is 26.7 Å². The largest absolute Gasteiger partial charge is 0.330 e. The molecule has 3 N–H and O–H groups in total. The molecule has 0 radical (unpaired) electrons. The predicted octanol–water partition coefficient (Wildman–Crippen LogP) is 1.87. The average Bonchev–Trinajstić information content (AvgIpc) is 2.41. The van der Waals surface area contributed by atoms with E-state index in [1.54, 1.807) is 0 Å². The first-order valence-electron chi connectivity index (χ1n) is 6.34. The fourth-order valence-corrected chi connectivity index (χ4v) is 2.96. The van der Waals surface area contributed by atoms with Crippen LogP contribution >= 0.6 is 0 Å². The molecule has 1 rings (SSSR count). The maximum absolute atomic E-state index is 12.8. The van der Waals surface area contributed by atoms with Crippen LogP contribution in [0.5, 0.6) is 0 Å². The maximum atomic E-state index is 12.8. The van der Waals surface area contributed by atoms with E-state index in [9.17, 15) is 12.8 Å². The Morgan fingerprint density at radius 3 is 2.16 bits per heavy atom. The van der Waals surface area contributed by atoms with Crippen molar-refractivity contribution in [1.29, 1.82) is 0 Å². The molecule has 1 aromatic carbocycles. The Hall–Kier alpha value is -0.980. The second-order valence-corrected chi connectivity index (χ2v) is 6.46. The summed E-state index contributed by atoms with van der Waals surface area (Å²) >= 11 is 0. The number of nitrogens with two attached hydrogens (primary N) is 1. The van der Waals surface area contributed by atoms with Crippen molar-refractivity contribution in [2.24, 2.45) is 11.1 Å². The summed E-state index contributed by atoms with van der Waals surface area (Å²) in [6, 6.07) is 4.76. The van der Waals surface area contributed by atoms with Crippen LogP contribution in [0.15, 0.2) is 29.2 Å². The standard InChI is InChI=1S/C13H21FN2O2S/c1-3-13(4-2,9-15)10-16-19(17,18)12-7-5-11(14)6-8-12/h5-8,16H,3-4,9-10,15H2,1-2H3. The van der Waals surface area contributed by atoms with Gasteiger partial charge in [0.05, 0.1) is 4.90 Å². The Morgan fingerprint density at radius 1 is 1.21 bits per heavy atom. The molecular weight excluding hydrogens is 267 g/mol. The Labute approximate surface area is 114 Å². The van der Waals surface area contributed by atoms with Crippen molar-refractivity contribution in [2.75, 3.05) is 13.1 Å². The van der Waals surface area contributed by atoms with Gasteiger partial charge in [-0.25, -0.2) is 17.5 Å². The lowest BCUT2D eigenvalue weighted by Gasteiger charge is -2.30. The predicted molar refractivity (Wildman–Crippen MR) is 73.7 cm³/mol. The summed E-state index contributed by atoms with van der Waals surface area (Å²) in [7, 11) is -3.61. The zero-order valence-electron chi connectivity index (χ0n) is 11.3. The van der Waals surface area contributed by atoms with Crippen molar-refractivity contribution in [3.05, 3.63) is 30.1 Å². The Bertz CT molecular complexity index is 488. The summed E-state index contributed by atoms with van der Waals surface area (Å²) in [6.07, 6.45) is 1.60. The monoisotopic (exact) mass is 288 g/mol. The van der Waals surface area contributed by atoms with Crippen LogP contribution in [-0.4, -0.2) is 21.5 Å². The van der Waals surface area contributed by atoms with E-state index in [4.69, 9.17) is 5.73 Å². The lowest BCUT2D eigenvalue weighted by molar-refractivity contribution is 0.275. The minimum atomic E-state index is -3.61. The van der Waals surface area contributed by atoms with E-state index in [0.29, 0.717) is 6.54 Å². The molecule has 0 saturated heterocycles. The second-order valence-electron chi connectivity index (χ2n) is 4.69. The van der Waals surface area contributed by atoms with Crippen LogP contribution in [0.25, 0.3) is 0 Å². The van der Waals surface area contributed by atoms with Gasteiger partial charge in [-0.1, -0.05) is 13.8 Å². The van der Waals surface area contributed by atoms with Crippen molar-refractivity contribution < 1.29 is 12.8 Å². The van der Waals surface area contributed by atoms with Crippen LogP contribution in [0.2, 0.25) is 0 Å². The number of benzene rings is 1. The molecule has 1 aromatic rings. The summed E-state index contributed by atoms with van der Waals surface area (Å²) < 4.78 is 39.5. The van der Waals surface area contributed by atoms with Gasteiger partial charge >= 0.3 is 0 Å². The molecule has 0 atom stereocenters. The molecule has 6 heteroatoms. The summed E-state index contributed by atoms with van der Waals surface area (Å²) in [5.74, 6) is -0.461. The maximum Gasteiger partial charge on any atom is 0.240 e. The highest BCUT2D eigenvalue weighted by Crippen LogP contribution is 2.24. The Balaban J connectivity index is 2.83. The van der Waals surface area contributed by atoms with Crippen LogP contribution in [0, 0.1) is 11.2 Å². The topological polar surface area (TPSA) is 72.2 Å². The Morgan fingerprint density at radius 2 is 1.74 bits per heavy atom. The Kier molecular flexibility index (Phi) is 5.46. The molecule has 0 aliphatic carbocycles. The number of hydrogen-bond acceptors (Lipinski definition) is 3. The van der Waals surface area contributed by atoms with Crippen molar-refractivity contribution in [1.82, 2.24) is 4.72 Å². The van der Waals surface area contributed by atoms with Gasteiger partial charge in [0, 0.05) is 6.54 Å². The third-order valence-electron chi connectivity index (χ3n) is 3.69. The van der Waals surface area contributed by atoms with Crippen molar-refractivity contribution in [2.45, 2.75) is 31.6 Å². The first kappa shape index (κ1) is 16.1. The molecule has 0 spiro atoms. The van der Waals surface area contributed by atoms with Gasteiger partial charge in [0.1, 0.15) is 5.82 Å². The zero-order chi connectivity index (χ0) is 14.5. The van der Waals surface area contributed by atoms with Crippen molar-refractivity contribution in [3.63, 3.8) is 0 Å².